The first kappa shape index (κ1) is 29.2. The van der Waals surface area contributed by atoms with Crippen LogP contribution in [0.5, 0.6) is 0 Å². The van der Waals surface area contributed by atoms with Crippen molar-refractivity contribution < 1.29 is 14.0 Å². The molecule has 2 amide bonds. The van der Waals surface area contributed by atoms with Gasteiger partial charge in [-0.3, -0.25) is 9.59 Å². The number of nitrogens with zero attached hydrogens (tertiary/aromatic N) is 2. The van der Waals surface area contributed by atoms with Gasteiger partial charge in [0.15, 0.2) is 0 Å². The van der Waals surface area contributed by atoms with E-state index in [1.54, 1.807) is 24.0 Å². The molecular weight excluding hydrogens is 502 g/mol. The van der Waals surface area contributed by atoms with E-state index in [1.807, 2.05) is 43.1 Å². The van der Waals surface area contributed by atoms with Gasteiger partial charge in [-0.25, -0.2) is 4.39 Å². The number of allylic oxidation sites excluding steroid dienone is 1. The molecule has 0 aliphatic carbocycles. The number of carbonyl (C=O) groups excluding carboxylic acids is 2. The van der Waals surface area contributed by atoms with Gasteiger partial charge in [0.2, 0.25) is 11.8 Å². The molecule has 2 aromatic carbocycles. The van der Waals surface area contributed by atoms with Crippen molar-refractivity contribution in [1.82, 2.24) is 9.80 Å². The maximum absolute atomic E-state index is 14.7. The molecule has 3 atom stereocenters. The quantitative estimate of drug-likeness (QED) is 0.390. The third-order valence-corrected chi connectivity index (χ3v) is 8.39. The van der Waals surface area contributed by atoms with Crippen LogP contribution in [0.3, 0.4) is 0 Å². The van der Waals surface area contributed by atoms with Gasteiger partial charge in [-0.2, -0.15) is 0 Å². The van der Waals surface area contributed by atoms with Gasteiger partial charge in [0.1, 0.15) is 19.7 Å². The van der Waals surface area contributed by atoms with Gasteiger partial charge in [0.05, 0.1) is 11.5 Å². The largest absolute Gasteiger partial charge is 0.401 e. The second-order valence-electron chi connectivity index (χ2n) is 11.5. The molecule has 2 aliphatic rings. The molecule has 1 spiro atoms. The summed E-state index contributed by atoms with van der Waals surface area (Å²) in [5, 5.41) is 2.98. The molecule has 1 fully saturated rings. The van der Waals surface area contributed by atoms with Gasteiger partial charge in [0, 0.05) is 36.2 Å². The fourth-order valence-electron chi connectivity index (χ4n) is 5.92. The molecule has 2 aromatic rings. The number of benzene rings is 2. The molecule has 0 bridgehead atoms. The van der Waals surface area contributed by atoms with Crippen LogP contribution in [0.4, 0.5) is 10.1 Å². The normalized spacial score (nSPS) is 21.0. The van der Waals surface area contributed by atoms with Crippen molar-refractivity contribution in [2.45, 2.75) is 58.0 Å². The number of fused-ring (bicyclic) bond motifs is 2. The number of anilines is 1. The number of rotatable bonds is 8. The zero-order chi connectivity index (χ0) is 29.5. The lowest BCUT2D eigenvalue weighted by Crippen LogP contribution is -2.51. The van der Waals surface area contributed by atoms with Gasteiger partial charge in [-0.05, 0) is 67.5 Å². The maximum atomic E-state index is 14.7. The molecule has 208 valence electrons. The summed E-state index contributed by atoms with van der Waals surface area (Å²) in [5.74, 6) is -0.472. The fraction of sp³-hybridized carbons (Fsp3) is 0.375. The van der Waals surface area contributed by atoms with E-state index >= 15 is 0 Å². The number of nitrogens with one attached hydrogen (secondary N) is 1. The van der Waals surface area contributed by atoms with E-state index in [0.717, 1.165) is 11.3 Å². The predicted octanol–water partition coefficient (Wildman–Crippen LogP) is 4.15. The average Bonchev–Trinajstić information content (AvgIpc) is 3.45. The number of hydrogen-bond acceptors (Lipinski definition) is 4. The molecular formula is C32H38BFN4O2. The highest BCUT2D eigenvalue weighted by Gasteiger charge is 2.56. The lowest BCUT2D eigenvalue weighted by molar-refractivity contribution is -0.137. The monoisotopic (exact) mass is 540 g/mol. The highest BCUT2D eigenvalue weighted by atomic mass is 19.1. The second kappa shape index (κ2) is 11.0. The van der Waals surface area contributed by atoms with E-state index in [9.17, 15) is 14.0 Å². The minimum Gasteiger partial charge on any atom is -0.401 e. The number of likely N-dealkylation sites (N-methyl/N-ethyl adjacent to an activating group) is 1. The summed E-state index contributed by atoms with van der Waals surface area (Å²) in [6, 6.07) is 9.39. The van der Waals surface area contributed by atoms with Crippen molar-refractivity contribution in [2.75, 3.05) is 18.9 Å². The Bertz CT molecular complexity index is 1420. The Morgan fingerprint density at radius 2 is 1.98 bits per heavy atom. The highest BCUT2D eigenvalue weighted by molar-refractivity contribution is 6.33. The van der Waals surface area contributed by atoms with Crippen molar-refractivity contribution in [1.29, 1.82) is 0 Å². The lowest BCUT2D eigenvalue weighted by atomic mass is 9.79. The topological polar surface area (TPSA) is 78.7 Å². The second-order valence-corrected chi connectivity index (χ2v) is 11.5. The van der Waals surface area contributed by atoms with Gasteiger partial charge < -0.3 is 20.9 Å². The minimum atomic E-state index is -0.894. The molecule has 1 saturated heterocycles. The SMILES string of the molecule is [B]c1ccc(F)c(/C=C(\C)C(=C)N(C)[C@@H](CC(C)C)C(=O)N2C[C@]3(CC2C(=C)N)C(=O)Nc2ccccc23)c1C. The average molecular weight is 540 g/mol. The molecule has 4 rings (SSSR count). The summed E-state index contributed by atoms with van der Waals surface area (Å²) in [6.45, 7) is 16.2. The number of amides is 2. The smallest absolute Gasteiger partial charge is 0.245 e. The standard InChI is InChI=1S/C32H38BFN4O2/c1-18(2)14-28(37(7)22(6)19(3)15-23-20(4)25(33)12-13-26(23)34)30(39)38-17-32(16-29(38)21(5)35)24-10-8-9-11-27(24)36-31(32)40/h8-13,15,18,28-29H,5-6,14,16-17,35H2,1-4,7H3,(H,36,40)/b19-15+/t28-,29?,32-/m0/s1. The molecule has 6 nitrogen and oxygen atoms in total. The summed E-state index contributed by atoms with van der Waals surface area (Å²) < 4.78 is 14.7. The summed E-state index contributed by atoms with van der Waals surface area (Å²) in [4.78, 5) is 31.2. The third-order valence-electron chi connectivity index (χ3n) is 8.39. The number of nitrogens with two attached hydrogens (primary N) is 1. The van der Waals surface area contributed by atoms with E-state index in [2.05, 4.69) is 32.3 Å². The van der Waals surface area contributed by atoms with Crippen LogP contribution in [0.2, 0.25) is 0 Å². The molecule has 0 saturated carbocycles. The predicted molar refractivity (Wildman–Crippen MR) is 161 cm³/mol. The van der Waals surface area contributed by atoms with Crippen LogP contribution in [0.25, 0.3) is 6.08 Å². The van der Waals surface area contributed by atoms with E-state index in [4.69, 9.17) is 13.6 Å². The molecule has 2 radical (unpaired) electrons. The van der Waals surface area contributed by atoms with Crippen LogP contribution in [0.1, 0.15) is 50.3 Å². The van der Waals surface area contributed by atoms with Gasteiger partial charge in [0.25, 0.3) is 0 Å². The summed E-state index contributed by atoms with van der Waals surface area (Å²) in [6.07, 6.45) is 2.62. The number of carbonyl (C=O) groups is 2. The van der Waals surface area contributed by atoms with Gasteiger partial charge in [-0.15, -0.1) is 0 Å². The Morgan fingerprint density at radius 1 is 1.30 bits per heavy atom. The molecule has 8 heteroatoms. The van der Waals surface area contributed by atoms with E-state index in [0.29, 0.717) is 46.4 Å². The zero-order valence-electron chi connectivity index (χ0n) is 24.1. The van der Waals surface area contributed by atoms with Crippen LogP contribution in [0.15, 0.2) is 66.5 Å². The van der Waals surface area contributed by atoms with Crippen LogP contribution in [0, 0.1) is 18.7 Å². The first-order valence-corrected chi connectivity index (χ1v) is 13.6. The molecule has 1 unspecified atom stereocenters. The van der Waals surface area contributed by atoms with Crippen LogP contribution < -0.4 is 16.5 Å². The van der Waals surface area contributed by atoms with Crippen molar-refractivity contribution in [2.24, 2.45) is 11.7 Å². The molecule has 3 N–H and O–H groups in total. The molecule has 2 aliphatic heterocycles. The molecule has 2 heterocycles. The minimum absolute atomic E-state index is 0.133. The number of likely N-dealkylation sites (tertiary alicyclic amines) is 1. The Balaban J connectivity index is 1.67. The first-order valence-electron chi connectivity index (χ1n) is 13.6. The number of halogens is 1. The van der Waals surface area contributed by atoms with Crippen molar-refractivity contribution in [3.63, 3.8) is 0 Å². The lowest BCUT2D eigenvalue weighted by Gasteiger charge is -2.36. The molecule has 0 aromatic heterocycles. The van der Waals surface area contributed by atoms with Gasteiger partial charge in [-0.1, -0.05) is 56.7 Å². The van der Waals surface area contributed by atoms with Crippen LogP contribution >= 0.6 is 0 Å². The van der Waals surface area contributed by atoms with E-state index in [-0.39, 0.29) is 30.1 Å². The number of hydrogen-bond donors (Lipinski definition) is 2. The Kier molecular flexibility index (Phi) is 8.02. The maximum Gasteiger partial charge on any atom is 0.245 e. The van der Waals surface area contributed by atoms with Crippen molar-refractivity contribution in [3.05, 3.63) is 89.0 Å². The summed E-state index contributed by atoms with van der Waals surface area (Å²) in [5.41, 5.74) is 10.2. The summed E-state index contributed by atoms with van der Waals surface area (Å²) >= 11 is 0. The third kappa shape index (κ3) is 5.07. The first-order chi connectivity index (χ1) is 18.8. The van der Waals surface area contributed by atoms with Crippen LogP contribution in [-0.2, 0) is 15.0 Å². The zero-order valence-corrected chi connectivity index (χ0v) is 24.1. The van der Waals surface area contributed by atoms with E-state index < -0.39 is 17.5 Å². The summed E-state index contributed by atoms with van der Waals surface area (Å²) in [7, 11) is 7.84. The van der Waals surface area contributed by atoms with E-state index in [1.165, 1.54) is 6.07 Å². The van der Waals surface area contributed by atoms with Crippen molar-refractivity contribution >= 4 is 36.9 Å². The van der Waals surface area contributed by atoms with Crippen molar-refractivity contribution in [3.8, 4) is 0 Å². The number of para-hydroxylation sites is 1. The Hall–Kier alpha value is -3.81. The Labute approximate surface area is 238 Å². The van der Waals surface area contributed by atoms with Crippen LogP contribution in [-0.4, -0.2) is 55.1 Å². The molecule has 40 heavy (non-hydrogen) atoms. The Morgan fingerprint density at radius 3 is 2.62 bits per heavy atom. The fourth-order valence-corrected chi connectivity index (χ4v) is 5.92. The van der Waals surface area contributed by atoms with Gasteiger partial charge >= 0.3 is 0 Å². The highest BCUT2D eigenvalue weighted by Crippen LogP contribution is 2.47.